The molecule has 0 radical (unpaired) electrons. The lowest BCUT2D eigenvalue weighted by Crippen LogP contribution is -2.28. The Morgan fingerprint density at radius 3 is 2.45 bits per heavy atom. The van der Waals surface area contributed by atoms with Gasteiger partial charge in [-0.1, -0.05) is 42.0 Å². The molecule has 2 rings (SSSR count). The first-order valence-electron chi connectivity index (χ1n) is 7.14. The van der Waals surface area contributed by atoms with Gasteiger partial charge in [0.05, 0.1) is 0 Å². The highest BCUT2D eigenvalue weighted by Crippen LogP contribution is 2.12. The lowest BCUT2D eigenvalue weighted by molar-refractivity contribution is 0.519. The number of aryl methyl sites for hydroxylation is 2. The van der Waals surface area contributed by atoms with Crippen molar-refractivity contribution in [2.24, 2.45) is 0 Å². The van der Waals surface area contributed by atoms with E-state index in [-0.39, 0.29) is 5.82 Å². The summed E-state index contributed by atoms with van der Waals surface area (Å²) >= 11 is 0. The molecule has 106 valence electrons. The van der Waals surface area contributed by atoms with Gasteiger partial charge in [-0.15, -0.1) is 0 Å². The van der Waals surface area contributed by atoms with E-state index >= 15 is 0 Å². The third-order valence-corrected chi connectivity index (χ3v) is 3.67. The summed E-state index contributed by atoms with van der Waals surface area (Å²) in [5.74, 6) is -0.172. The molecule has 0 saturated heterocycles. The summed E-state index contributed by atoms with van der Waals surface area (Å²) in [6, 6.07) is 15.9. The van der Waals surface area contributed by atoms with E-state index < -0.39 is 0 Å². The molecule has 2 aromatic carbocycles. The van der Waals surface area contributed by atoms with Gasteiger partial charge in [-0.05, 0) is 56.5 Å². The average molecular weight is 271 g/mol. The molecule has 2 heteroatoms. The molecule has 0 aliphatic rings. The van der Waals surface area contributed by atoms with Crippen LogP contribution in [0, 0.1) is 12.7 Å². The van der Waals surface area contributed by atoms with E-state index in [1.54, 1.807) is 0 Å². The van der Waals surface area contributed by atoms with E-state index in [0.29, 0.717) is 6.04 Å². The monoisotopic (exact) mass is 271 g/mol. The van der Waals surface area contributed by atoms with E-state index in [1.165, 1.54) is 28.8 Å². The minimum Gasteiger partial charge on any atom is -0.317 e. The van der Waals surface area contributed by atoms with Crippen molar-refractivity contribution >= 4 is 0 Å². The Kier molecular flexibility index (Phi) is 5.31. The second kappa shape index (κ2) is 7.20. The minimum absolute atomic E-state index is 0.172. The molecule has 0 fully saturated rings. The van der Waals surface area contributed by atoms with Gasteiger partial charge in [0, 0.05) is 6.04 Å². The van der Waals surface area contributed by atoms with E-state index in [0.717, 1.165) is 19.3 Å². The van der Waals surface area contributed by atoms with E-state index in [9.17, 15) is 4.39 Å². The quantitative estimate of drug-likeness (QED) is 0.840. The minimum atomic E-state index is -0.172. The molecule has 0 bridgehead atoms. The molecular weight excluding hydrogens is 249 g/mol. The summed E-state index contributed by atoms with van der Waals surface area (Å²) in [4.78, 5) is 0. The van der Waals surface area contributed by atoms with Crippen molar-refractivity contribution in [2.45, 2.75) is 32.2 Å². The van der Waals surface area contributed by atoms with Gasteiger partial charge < -0.3 is 5.32 Å². The van der Waals surface area contributed by atoms with Crippen LogP contribution >= 0.6 is 0 Å². The predicted octanol–water partition coefficient (Wildman–Crippen LogP) is 3.90. The fourth-order valence-electron chi connectivity index (χ4n) is 2.46. The molecule has 1 nitrogen and oxygen atoms in total. The number of hydrogen-bond donors (Lipinski definition) is 1. The van der Waals surface area contributed by atoms with Crippen molar-refractivity contribution in [1.29, 1.82) is 0 Å². The molecule has 20 heavy (non-hydrogen) atoms. The van der Waals surface area contributed by atoms with Crippen molar-refractivity contribution in [3.8, 4) is 0 Å². The van der Waals surface area contributed by atoms with Gasteiger partial charge in [-0.2, -0.15) is 0 Å². The Balaban J connectivity index is 1.90. The Hall–Kier alpha value is -1.67. The van der Waals surface area contributed by atoms with Gasteiger partial charge in [-0.25, -0.2) is 4.39 Å². The molecule has 0 spiro atoms. The zero-order chi connectivity index (χ0) is 14.4. The molecule has 0 amide bonds. The van der Waals surface area contributed by atoms with E-state index in [1.807, 2.05) is 19.2 Å². The standard InChI is InChI=1S/C18H22FN/c1-14-4-3-5-15(12-14)8-11-18(20-2)13-16-6-9-17(19)10-7-16/h3-7,9-10,12,18,20H,8,11,13H2,1-2H3. The highest BCUT2D eigenvalue weighted by Gasteiger charge is 2.08. The van der Waals surface area contributed by atoms with Crippen LogP contribution in [0.2, 0.25) is 0 Å². The largest absolute Gasteiger partial charge is 0.317 e. The number of halogens is 1. The number of hydrogen-bond acceptors (Lipinski definition) is 1. The fourth-order valence-corrected chi connectivity index (χ4v) is 2.46. The summed E-state index contributed by atoms with van der Waals surface area (Å²) in [5.41, 5.74) is 3.86. The number of likely N-dealkylation sites (N-methyl/N-ethyl adjacent to an activating group) is 1. The molecule has 0 heterocycles. The second-order valence-corrected chi connectivity index (χ2v) is 5.34. The lowest BCUT2D eigenvalue weighted by atomic mass is 9.98. The number of nitrogens with one attached hydrogen (secondary N) is 1. The smallest absolute Gasteiger partial charge is 0.123 e. The zero-order valence-corrected chi connectivity index (χ0v) is 12.2. The van der Waals surface area contributed by atoms with E-state index in [2.05, 4.69) is 36.5 Å². The Morgan fingerprint density at radius 1 is 1.05 bits per heavy atom. The first-order valence-corrected chi connectivity index (χ1v) is 7.14. The van der Waals surface area contributed by atoms with Crippen molar-refractivity contribution in [2.75, 3.05) is 7.05 Å². The SMILES string of the molecule is CNC(CCc1cccc(C)c1)Cc1ccc(F)cc1. The third kappa shape index (κ3) is 4.46. The summed E-state index contributed by atoms with van der Waals surface area (Å²) in [6.07, 6.45) is 3.08. The maximum absolute atomic E-state index is 12.9. The predicted molar refractivity (Wildman–Crippen MR) is 82.5 cm³/mol. The molecule has 2 aromatic rings. The van der Waals surface area contributed by atoms with Gasteiger partial charge in [0.1, 0.15) is 5.82 Å². The highest BCUT2D eigenvalue weighted by atomic mass is 19.1. The van der Waals surface area contributed by atoms with E-state index in [4.69, 9.17) is 0 Å². The van der Waals surface area contributed by atoms with Crippen LogP contribution in [0.15, 0.2) is 48.5 Å². The van der Waals surface area contributed by atoms with Crippen molar-refractivity contribution < 1.29 is 4.39 Å². The maximum atomic E-state index is 12.9. The van der Waals surface area contributed by atoms with Crippen molar-refractivity contribution in [1.82, 2.24) is 5.32 Å². The molecular formula is C18H22FN. The third-order valence-electron chi connectivity index (χ3n) is 3.67. The fraction of sp³-hybridized carbons (Fsp3) is 0.333. The van der Waals surface area contributed by atoms with Crippen LogP contribution in [-0.2, 0) is 12.8 Å². The van der Waals surface area contributed by atoms with Crippen LogP contribution in [0.1, 0.15) is 23.1 Å². The lowest BCUT2D eigenvalue weighted by Gasteiger charge is -2.16. The Morgan fingerprint density at radius 2 is 1.80 bits per heavy atom. The van der Waals surface area contributed by atoms with Gasteiger partial charge in [0.25, 0.3) is 0 Å². The van der Waals surface area contributed by atoms with Crippen LogP contribution in [-0.4, -0.2) is 13.1 Å². The van der Waals surface area contributed by atoms with Crippen LogP contribution in [0.3, 0.4) is 0 Å². The van der Waals surface area contributed by atoms with Crippen molar-refractivity contribution in [3.63, 3.8) is 0 Å². The number of rotatable bonds is 6. The Labute approximate surface area is 120 Å². The molecule has 0 aromatic heterocycles. The summed E-state index contributed by atoms with van der Waals surface area (Å²) < 4.78 is 12.9. The summed E-state index contributed by atoms with van der Waals surface area (Å²) in [5, 5.41) is 3.36. The zero-order valence-electron chi connectivity index (χ0n) is 12.2. The van der Waals surface area contributed by atoms with Gasteiger partial charge in [-0.3, -0.25) is 0 Å². The van der Waals surface area contributed by atoms with Crippen LogP contribution in [0.25, 0.3) is 0 Å². The van der Waals surface area contributed by atoms with Gasteiger partial charge in [0.15, 0.2) is 0 Å². The van der Waals surface area contributed by atoms with Crippen LogP contribution in [0.4, 0.5) is 4.39 Å². The molecule has 0 saturated carbocycles. The van der Waals surface area contributed by atoms with Crippen LogP contribution in [0.5, 0.6) is 0 Å². The highest BCUT2D eigenvalue weighted by molar-refractivity contribution is 5.22. The molecule has 1 N–H and O–H groups in total. The molecule has 0 aliphatic carbocycles. The topological polar surface area (TPSA) is 12.0 Å². The van der Waals surface area contributed by atoms with Gasteiger partial charge >= 0.3 is 0 Å². The first-order chi connectivity index (χ1) is 9.67. The van der Waals surface area contributed by atoms with Gasteiger partial charge in [0.2, 0.25) is 0 Å². The van der Waals surface area contributed by atoms with Crippen LogP contribution < -0.4 is 5.32 Å². The normalized spacial score (nSPS) is 12.3. The summed E-state index contributed by atoms with van der Waals surface area (Å²) in [6.45, 7) is 2.12. The average Bonchev–Trinajstić information content (AvgIpc) is 2.45. The molecule has 1 unspecified atom stereocenters. The number of benzene rings is 2. The summed E-state index contributed by atoms with van der Waals surface area (Å²) in [7, 11) is 1.99. The molecule has 1 atom stereocenters. The Bertz CT molecular complexity index is 533. The van der Waals surface area contributed by atoms with Crippen molar-refractivity contribution in [3.05, 3.63) is 71.0 Å². The maximum Gasteiger partial charge on any atom is 0.123 e. The second-order valence-electron chi connectivity index (χ2n) is 5.34. The first kappa shape index (κ1) is 14.7. The molecule has 0 aliphatic heterocycles.